The lowest BCUT2D eigenvalue weighted by Gasteiger charge is -2.24. The van der Waals surface area contributed by atoms with E-state index in [0.717, 1.165) is 18.1 Å². The van der Waals surface area contributed by atoms with E-state index in [4.69, 9.17) is 11.6 Å². The maximum atomic E-state index is 5.48. The number of rotatable bonds is 2. The van der Waals surface area contributed by atoms with Crippen molar-refractivity contribution in [3.8, 4) is 0 Å². The smallest absolute Gasteiger partial charge is 0.203 e. The van der Waals surface area contributed by atoms with E-state index in [0.29, 0.717) is 12.0 Å². The summed E-state index contributed by atoms with van der Waals surface area (Å²) >= 11 is 1.95. The third kappa shape index (κ3) is 3.44. The van der Waals surface area contributed by atoms with E-state index in [1.165, 1.54) is 12.8 Å². The molecule has 5 N–H and O–H groups in total. The Kier molecular flexibility index (Phi) is 4.38. The molecule has 0 heterocycles. The normalized spacial score (nSPS) is 30.2. The van der Waals surface area contributed by atoms with E-state index < -0.39 is 0 Å². The predicted octanol–water partition coefficient (Wildman–Crippen LogP) is 0.439. The van der Waals surface area contributed by atoms with Crippen LogP contribution in [0.3, 0.4) is 0 Å². The number of nitrogens with one attached hydrogen (secondary N) is 1. The number of thioether (sulfide) groups is 1. The van der Waals surface area contributed by atoms with Crippen molar-refractivity contribution in [2.75, 3.05) is 6.26 Å². The standard InChI is InChI=1S/C8H18N4S/c1-13-7-4-2-6(3-5-7)11-8(9)12-10/h6-7H,2-5,10H2,1H3,(H3,9,11,12). The van der Waals surface area contributed by atoms with Crippen LogP contribution in [0.5, 0.6) is 0 Å². The first-order chi connectivity index (χ1) is 6.26. The second-order valence-electron chi connectivity index (χ2n) is 3.32. The van der Waals surface area contributed by atoms with Crippen molar-refractivity contribution in [3.63, 3.8) is 0 Å². The van der Waals surface area contributed by atoms with Crippen LogP contribution >= 0.6 is 11.8 Å². The molecule has 1 rings (SSSR count). The summed E-state index contributed by atoms with van der Waals surface area (Å²) in [6.07, 6.45) is 6.92. The molecule has 0 spiro atoms. The molecule has 1 saturated carbocycles. The minimum absolute atomic E-state index is 0.354. The number of guanidine groups is 1. The predicted molar refractivity (Wildman–Crippen MR) is 58.5 cm³/mol. The molecular formula is C8H18N4S. The van der Waals surface area contributed by atoms with Crippen LogP contribution in [0, 0.1) is 0 Å². The monoisotopic (exact) mass is 202 g/mol. The quantitative estimate of drug-likeness (QED) is 0.263. The van der Waals surface area contributed by atoms with E-state index >= 15 is 0 Å². The Morgan fingerprint density at radius 2 is 2.00 bits per heavy atom. The fourth-order valence-electron chi connectivity index (χ4n) is 1.64. The molecule has 1 aliphatic rings. The van der Waals surface area contributed by atoms with E-state index in [1.807, 2.05) is 11.8 Å². The molecule has 0 atom stereocenters. The largest absolute Gasteiger partial charge is 0.369 e. The first-order valence-corrected chi connectivity index (χ1v) is 5.87. The lowest BCUT2D eigenvalue weighted by molar-refractivity contribution is 0.451. The molecule has 0 aliphatic heterocycles. The summed E-state index contributed by atoms with van der Waals surface area (Å²) in [5.74, 6) is 5.49. The summed E-state index contributed by atoms with van der Waals surface area (Å²) < 4.78 is 0. The Morgan fingerprint density at radius 3 is 2.46 bits per heavy atom. The molecule has 0 aromatic carbocycles. The van der Waals surface area contributed by atoms with E-state index in [2.05, 4.69) is 16.7 Å². The zero-order chi connectivity index (χ0) is 9.68. The molecule has 1 fully saturated rings. The van der Waals surface area contributed by atoms with Crippen LogP contribution in [0.15, 0.2) is 4.99 Å². The molecular weight excluding hydrogens is 184 g/mol. The first-order valence-electron chi connectivity index (χ1n) is 4.59. The summed E-state index contributed by atoms with van der Waals surface area (Å²) in [7, 11) is 0. The molecule has 76 valence electrons. The van der Waals surface area contributed by atoms with Gasteiger partial charge in [0.2, 0.25) is 5.96 Å². The SMILES string of the molecule is CSC1CCC(N=C(N)NN)CC1. The van der Waals surface area contributed by atoms with Crippen LogP contribution in [0.25, 0.3) is 0 Å². The summed E-state index contributed by atoms with van der Waals surface area (Å²) in [5.41, 5.74) is 7.84. The van der Waals surface area contributed by atoms with Gasteiger partial charge in [0.1, 0.15) is 0 Å². The van der Waals surface area contributed by atoms with Crippen LogP contribution in [0.2, 0.25) is 0 Å². The van der Waals surface area contributed by atoms with Gasteiger partial charge in [-0.2, -0.15) is 11.8 Å². The van der Waals surface area contributed by atoms with Crippen LogP contribution < -0.4 is 17.0 Å². The molecule has 13 heavy (non-hydrogen) atoms. The lowest BCUT2D eigenvalue weighted by Crippen LogP contribution is -2.38. The highest BCUT2D eigenvalue weighted by molar-refractivity contribution is 7.99. The van der Waals surface area contributed by atoms with Crippen molar-refractivity contribution >= 4 is 17.7 Å². The van der Waals surface area contributed by atoms with E-state index in [1.54, 1.807) is 0 Å². The van der Waals surface area contributed by atoms with Gasteiger partial charge in [0.05, 0.1) is 6.04 Å². The highest BCUT2D eigenvalue weighted by atomic mass is 32.2. The molecule has 5 heteroatoms. The zero-order valence-electron chi connectivity index (χ0n) is 7.99. The molecule has 0 bridgehead atoms. The molecule has 1 aliphatic carbocycles. The number of nitrogens with two attached hydrogens (primary N) is 2. The summed E-state index contributed by atoms with van der Waals surface area (Å²) in [5, 5.41) is 0.818. The highest BCUT2D eigenvalue weighted by Crippen LogP contribution is 2.28. The third-order valence-electron chi connectivity index (χ3n) is 2.45. The summed E-state index contributed by atoms with van der Waals surface area (Å²) in [4.78, 5) is 4.27. The maximum absolute atomic E-state index is 5.48. The van der Waals surface area contributed by atoms with Gasteiger partial charge in [-0.1, -0.05) is 0 Å². The van der Waals surface area contributed by atoms with E-state index in [9.17, 15) is 0 Å². The number of hydrogen-bond donors (Lipinski definition) is 3. The summed E-state index contributed by atoms with van der Waals surface area (Å²) in [6.45, 7) is 0. The van der Waals surface area contributed by atoms with Crippen LogP contribution in [-0.2, 0) is 0 Å². The second-order valence-corrected chi connectivity index (χ2v) is 4.46. The van der Waals surface area contributed by atoms with Gasteiger partial charge in [-0.25, -0.2) is 10.8 Å². The van der Waals surface area contributed by atoms with Gasteiger partial charge in [-0.3, -0.25) is 5.43 Å². The van der Waals surface area contributed by atoms with Crippen molar-refractivity contribution in [2.45, 2.75) is 37.0 Å². The van der Waals surface area contributed by atoms with Crippen LogP contribution in [0.1, 0.15) is 25.7 Å². The average molecular weight is 202 g/mol. The van der Waals surface area contributed by atoms with Gasteiger partial charge in [0.15, 0.2) is 0 Å². The van der Waals surface area contributed by atoms with Gasteiger partial charge in [0.25, 0.3) is 0 Å². The fourth-order valence-corrected chi connectivity index (χ4v) is 2.39. The molecule has 0 aromatic heterocycles. The molecule has 0 aromatic rings. The van der Waals surface area contributed by atoms with Gasteiger partial charge in [-0.05, 0) is 31.9 Å². The van der Waals surface area contributed by atoms with Crippen LogP contribution in [0.4, 0.5) is 0 Å². The number of aliphatic imine (C=N–C) groups is 1. The minimum atomic E-state index is 0.354. The Hall–Kier alpha value is -0.420. The Morgan fingerprint density at radius 1 is 1.38 bits per heavy atom. The zero-order valence-corrected chi connectivity index (χ0v) is 8.81. The Balaban J connectivity index is 2.32. The lowest BCUT2D eigenvalue weighted by atomic mass is 9.95. The van der Waals surface area contributed by atoms with Crippen LogP contribution in [-0.4, -0.2) is 23.5 Å². The number of hydrogen-bond acceptors (Lipinski definition) is 3. The van der Waals surface area contributed by atoms with Crippen molar-refractivity contribution in [3.05, 3.63) is 0 Å². The molecule has 0 amide bonds. The first kappa shape index (κ1) is 10.7. The molecule has 0 unspecified atom stereocenters. The molecule has 0 radical (unpaired) electrons. The van der Waals surface area contributed by atoms with Crippen molar-refractivity contribution in [1.82, 2.24) is 5.43 Å². The Bertz CT molecular complexity index is 175. The van der Waals surface area contributed by atoms with Crippen molar-refractivity contribution < 1.29 is 0 Å². The van der Waals surface area contributed by atoms with Gasteiger partial charge >= 0.3 is 0 Å². The highest BCUT2D eigenvalue weighted by Gasteiger charge is 2.19. The minimum Gasteiger partial charge on any atom is -0.369 e. The van der Waals surface area contributed by atoms with Gasteiger partial charge in [0, 0.05) is 5.25 Å². The third-order valence-corrected chi connectivity index (χ3v) is 3.58. The number of nitrogens with zero attached hydrogens (tertiary/aromatic N) is 1. The van der Waals surface area contributed by atoms with Crippen molar-refractivity contribution in [1.29, 1.82) is 0 Å². The van der Waals surface area contributed by atoms with Crippen molar-refractivity contribution in [2.24, 2.45) is 16.6 Å². The van der Waals surface area contributed by atoms with Gasteiger partial charge in [-0.15, -0.1) is 0 Å². The topological polar surface area (TPSA) is 76.4 Å². The maximum Gasteiger partial charge on any atom is 0.203 e. The Labute approximate surface area is 83.5 Å². The fraction of sp³-hybridized carbons (Fsp3) is 0.875. The molecule has 4 nitrogen and oxygen atoms in total. The van der Waals surface area contributed by atoms with Gasteiger partial charge < -0.3 is 5.73 Å². The number of hydrazine groups is 1. The van der Waals surface area contributed by atoms with E-state index in [-0.39, 0.29) is 0 Å². The molecule has 0 saturated heterocycles. The average Bonchev–Trinajstić information content (AvgIpc) is 2.19. The summed E-state index contributed by atoms with van der Waals surface area (Å²) in [6, 6.07) is 0.374. The second kappa shape index (κ2) is 5.34.